The molecular formula is C35H54N4O2. The lowest BCUT2D eigenvalue weighted by molar-refractivity contribution is -0.139. The van der Waals surface area contributed by atoms with Gasteiger partial charge < -0.3 is 20.4 Å². The monoisotopic (exact) mass is 562 g/mol. The van der Waals surface area contributed by atoms with E-state index in [0.717, 1.165) is 84.0 Å². The van der Waals surface area contributed by atoms with Crippen molar-refractivity contribution in [3.8, 4) is 0 Å². The van der Waals surface area contributed by atoms with Crippen molar-refractivity contribution in [1.82, 2.24) is 20.4 Å². The number of rotatable bonds is 15. The second kappa shape index (κ2) is 16.9. The number of amides is 2. The van der Waals surface area contributed by atoms with Gasteiger partial charge in [0.1, 0.15) is 6.04 Å². The van der Waals surface area contributed by atoms with Crippen molar-refractivity contribution in [3.63, 3.8) is 0 Å². The van der Waals surface area contributed by atoms with Gasteiger partial charge in [0.25, 0.3) is 0 Å². The Labute approximate surface area is 249 Å². The number of carbonyl (C=O) groups excluding carboxylic acids is 2. The van der Waals surface area contributed by atoms with Crippen LogP contribution in [0.2, 0.25) is 0 Å². The van der Waals surface area contributed by atoms with Gasteiger partial charge in [-0.05, 0) is 102 Å². The SMILES string of the molecule is CN[C@@H](C)C(=O)N[C@H](C(=O)N1CCC[C@H]1CN(CCCCc1ccccc1)CCC1C=CC=CC1)C1CCCCC1. The molecule has 1 saturated carbocycles. The van der Waals surface area contributed by atoms with Gasteiger partial charge in [0, 0.05) is 19.1 Å². The molecule has 6 nitrogen and oxygen atoms in total. The van der Waals surface area contributed by atoms with Gasteiger partial charge in [0.15, 0.2) is 0 Å². The van der Waals surface area contributed by atoms with Crippen LogP contribution in [0.1, 0.15) is 83.1 Å². The maximum atomic E-state index is 14.2. The Morgan fingerprint density at radius 3 is 2.54 bits per heavy atom. The van der Waals surface area contributed by atoms with Crippen LogP contribution < -0.4 is 10.6 Å². The number of hydrogen-bond acceptors (Lipinski definition) is 4. The van der Waals surface area contributed by atoms with Gasteiger partial charge in [-0.2, -0.15) is 0 Å². The molecule has 3 aliphatic rings. The summed E-state index contributed by atoms with van der Waals surface area (Å²) >= 11 is 0. The number of unbranched alkanes of at least 4 members (excludes halogenated alkanes) is 1. The Morgan fingerprint density at radius 2 is 1.80 bits per heavy atom. The van der Waals surface area contributed by atoms with E-state index in [1.54, 1.807) is 7.05 Å². The van der Waals surface area contributed by atoms with Crippen molar-refractivity contribution < 1.29 is 9.59 Å². The van der Waals surface area contributed by atoms with E-state index >= 15 is 0 Å². The zero-order valence-electron chi connectivity index (χ0n) is 25.6. The second-order valence-electron chi connectivity index (χ2n) is 12.6. The molecule has 0 spiro atoms. The van der Waals surface area contributed by atoms with Gasteiger partial charge in [-0.25, -0.2) is 0 Å². The first-order chi connectivity index (χ1) is 20.0. The van der Waals surface area contributed by atoms with E-state index in [2.05, 4.69) is 75.1 Å². The van der Waals surface area contributed by atoms with Gasteiger partial charge in [-0.15, -0.1) is 0 Å². The predicted molar refractivity (Wildman–Crippen MR) is 169 cm³/mol. The normalized spacial score (nSPS) is 22.7. The number of benzene rings is 1. The number of allylic oxidation sites excluding steroid dienone is 4. The molecule has 1 aromatic rings. The summed E-state index contributed by atoms with van der Waals surface area (Å²) in [5.41, 5.74) is 1.41. The summed E-state index contributed by atoms with van der Waals surface area (Å²) in [5.74, 6) is 0.932. The molecule has 41 heavy (non-hydrogen) atoms. The minimum Gasteiger partial charge on any atom is -0.343 e. The maximum absolute atomic E-state index is 14.2. The molecule has 2 fully saturated rings. The average Bonchev–Trinajstić information content (AvgIpc) is 3.49. The molecule has 1 unspecified atom stereocenters. The summed E-state index contributed by atoms with van der Waals surface area (Å²) in [6, 6.07) is 10.3. The zero-order chi connectivity index (χ0) is 28.9. The first kappa shape index (κ1) is 31.5. The van der Waals surface area contributed by atoms with Crippen molar-refractivity contribution in [2.75, 3.05) is 33.2 Å². The molecule has 2 aliphatic carbocycles. The molecule has 4 rings (SSSR count). The van der Waals surface area contributed by atoms with E-state index in [1.165, 1.54) is 24.8 Å². The number of likely N-dealkylation sites (N-methyl/N-ethyl adjacent to an activating group) is 1. The van der Waals surface area contributed by atoms with Gasteiger partial charge >= 0.3 is 0 Å². The molecule has 6 heteroatoms. The Balaban J connectivity index is 1.39. The molecular weight excluding hydrogens is 508 g/mol. The molecule has 1 heterocycles. The Bertz CT molecular complexity index is 987. The minimum absolute atomic E-state index is 0.0678. The molecule has 1 saturated heterocycles. The molecule has 2 amide bonds. The number of nitrogens with one attached hydrogen (secondary N) is 2. The fraction of sp³-hybridized carbons (Fsp3) is 0.657. The third kappa shape index (κ3) is 9.82. The number of hydrogen-bond donors (Lipinski definition) is 2. The van der Waals surface area contributed by atoms with Crippen LogP contribution in [0.5, 0.6) is 0 Å². The molecule has 226 valence electrons. The summed E-state index contributed by atoms with van der Waals surface area (Å²) in [4.78, 5) is 31.9. The third-order valence-corrected chi connectivity index (χ3v) is 9.56. The van der Waals surface area contributed by atoms with Crippen LogP contribution in [0.25, 0.3) is 0 Å². The lowest BCUT2D eigenvalue weighted by Gasteiger charge is -2.37. The van der Waals surface area contributed by atoms with Crippen LogP contribution in [0.3, 0.4) is 0 Å². The van der Waals surface area contributed by atoms with Crippen molar-refractivity contribution in [2.24, 2.45) is 11.8 Å². The first-order valence-electron chi connectivity index (χ1n) is 16.4. The van der Waals surface area contributed by atoms with Crippen LogP contribution in [-0.2, 0) is 16.0 Å². The molecule has 0 aromatic heterocycles. The standard InChI is InChI=1S/C35H54N4O2/c1-28(36-2)34(40)37-33(31-20-10-5-11-21-31)35(41)39-25-14-22-32(39)27-38(26-23-30-17-8-4-9-18-30)24-13-12-19-29-15-6-3-7-16-29/h3-4,6-9,15-17,28,30-33,36H,5,10-14,18-27H2,1-2H3,(H,37,40)/t28-,30?,32-,33-/m0/s1. The zero-order valence-corrected chi connectivity index (χ0v) is 25.6. The molecule has 4 atom stereocenters. The highest BCUT2D eigenvalue weighted by atomic mass is 16.2. The quantitative estimate of drug-likeness (QED) is 0.277. The molecule has 1 aliphatic heterocycles. The molecule has 0 bridgehead atoms. The highest BCUT2D eigenvalue weighted by molar-refractivity contribution is 5.90. The summed E-state index contributed by atoms with van der Waals surface area (Å²) in [7, 11) is 1.80. The average molecular weight is 563 g/mol. The minimum atomic E-state index is -0.405. The number of nitrogens with zero attached hydrogens (tertiary/aromatic N) is 2. The smallest absolute Gasteiger partial charge is 0.245 e. The first-order valence-corrected chi connectivity index (χ1v) is 16.4. The van der Waals surface area contributed by atoms with Crippen LogP contribution >= 0.6 is 0 Å². The highest BCUT2D eigenvalue weighted by Gasteiger charge is 2.39. The second-order valence-corrected chi connectivity index (χ2v) is 12.6. The maximum Gasteiger partial charge on any atom is 0.245 e. The van der Waals surface area contributed by atoms with Crippen LogP contribution in [0, 0.1) is 11.8 Å². The van der Waals surface area contributed by atoms with E-state index in [1.807, 2.05) is 6.92 Å². The predicted octanol–water partition coefficient (Wildman–Crippen LogP) is 5.50. The van der Waals surface area contributed by atoms with Gasteiger partial charge in [-0.1, -0.05) is 73.9 Å². The number of carbonyl (C=O) groups is 2. The fourth-order valence-electron chi connectivity index (χ4n) is 6.85. The summed E-state index contributed by atoms with van der Waals surface area (Å²) < 4.78 is 0. The van der Waals surface area contributed by atoms with Crippen molar-refractivity contribution in [1.29, 1.82) is 0 Å². The lowest BCUT2D eigenvalue weighted by atomic mass is 9.83. The number of likely N-dealkylation sites (tertiary alicyclic amines) is 1. The van der Waals surface area contributed by atoms with Crippen LogP contribution in [-0.4, -0.2) is 73.0 Å². The Kier molecular flexibility index (Phi) is 13.0. The van der Waals surface area contributed by atoms with E-state index in [4.69, 9.17) is 0 Å². The Morgan fingerprint density at radius 1 is 1.00 bits per heavy atom. The third-order valence-electron chi connectivity index (χ3n) is 9.56. The van der Waals surface area contributed by atoms with E-state index in [9.17, 15) is 9.59 Å². The van der Waals surface area contributed by atoms with Crippen molar-refractivity contribution in [2.45, 2.75) is 102 Å². The summed E-state index contributed by atoms with van der Waals surface area (Å²) in [6.07, 6.45) is 22.4. The fourth-order valence-corrected chi connectivity index (χ4v) is 6.85. The van der Waals surface area contributed by atoms with E-state index in [0.29, 0.717) is 5.92 Å². The van der Waals surface area contributed by atoms with Gasteiger partial charge in [0.2, 0.25) is 11.8 Å². The summed E-state index contributed by atoms with van der Waals surface area (Å²) in [6.45, 7) is 5.74. The topological polar surface area (TPSA) is 64.7 Å². The largest absolute Gasteiger partial charge is 0.343 e. The van der Waals surface area contributed by atoms with Crippen molar-refractivity contribution in [3.05, 3.63) is 60.2 Å². The molecule has 1 aromatic carbocycles. The Hall–Kier alpha value is -2.44. The van der Waals surface area contributed by atoms with Crippen LogP contribution in [0.4, 0.5) is 0 Å². The van der Waals surface area contributed by atoms with Gasteiger partial charge in [-0.3, -0.25) is 9.59 Å². The summed E-state index contributed by atoms with van der Waals surface area (Å²) in [5, 5.41) is 6.23. The molecule has 0 radical (unpaired) electrons. The number of aryl methyl sites for hydroxylation is 1. The highest BCUT2D eigenvalue weighted by Crippen LogP contribution is 2.30. The molecule has 2 N–H and O–H groups in total. The van der Waals surface area contributed by atoms with E-state index < -0.39 is 6.04 Å². The van der Waals surface area contributed by atoms with E-state index in [-0.39, 0.29) is 29.8 Å². The van der Waals surface area contributed by atoms with Gasteiger partial charge in [0.05, 0.1) is 6.04 Å². The van der Waals surface area contributed by atoms with Crippen LogP contribution in [0.15, 0.2) is 54.6 Å². The lowest BCUT2D eigenvalue weighted by Crippen LogP contribution is -2.57. The van der Waals surface area contributed by atoms with Crippen molar-refractivity contribution >= 4 is 11.8 Å².